The van der Waals surface area contributed by atoms with E-state index in [0.717, 1.165) is 24.1 Å². The molecular formula is C18H20N2O. The Labute approximate surface area is 125 Å². The Bertz CT molecular complexity index is 599. The fraction of sp³-hybridized carbons (Fsp3) is 0.278. The summed E-state index contributed by atoms with van der Waals surface area (Å²) in [6.45, 7) is 2.09. The highest BCUT2D eigenvalue weighted by Gasteiger charge is 2.27. The fourth-order valence-corrected chi connectivity index (χ4v) is 2.83. The third kappa shape index (κ3) is 2.92. The molecule has 1 amide bonds. The molecule has 2 unspecified atom stereocenters. The number of nitrogens with one attached hydrogen (secondary N) is 2. The smallest absolute Gasteiger partial charge is 0.243 e. The van der Waals surface area contributed by atoms with E-state index in [1.54, 1.807) is 0 Å². The minimum absolute atomic E-state index is 0.0712. The second-order valence-corrected chi connectivity index (χ2v) is 5.44. The number of hydrogen-bond acceptors (Lipinski definition) is 2. The molecule has 0 fully saturated rings. The van der Waals surface area contributed by atoms with E-state index >= 15 is 0 Å². The summed E-state index contributed by atoms with van der Waals surface area (Å²) < 4.78 is 0. The van der Waals surface area contributed by atoms with E-state index in [9.17, 15) is 4.79 Å². The van der Waals surface area contributed by atoms with Crippen LogP contribution in [0.25, 0.3) is 0 Å². The molecular weight excluding hydrogens is 260 g/mol. The Kier molecular flexibility index (Phi) is 3.91. The molecule has 0 bridgehead atoms. The number of benzene rings is 2. The van der Waals surface area contributed by atoms with Gasteiger partial charge >= 0.3 is 0 Å². The summed E-state index contributed by atoms with van der Waals surface area (Å²) in [4.78, 5) is 12.5. The summed E-state index contributed by atoms with van der Waals surface area (Å²) in [6, 6.07) is 18.1. The molecule has 0 saturated carbocycles. The lowest BCUT2D eigenvalue weighted by molar-refractivity contribution is -0.122. The highest BCUT2D eigenvalue weighted by atomic mass is 16.2. The van der Waals surface area contributed by atoms with Crippen LogP contribution in [0.5, 0.6) is 0 Å². The molecule has 3 nitrogen and oxygen atoms in total. The second kappa shape index (κ2) is 6.00. The standard InChI is InChI=1S/C18H20N2O/c1-2-15(13-8-4-3-5-9-13)20-18(21)17-12-14-10-6-7-11-16(14)19-17/h3-11,15,17,19H,2,12H2,1H3,(H,20,21). The van der Waals surface area contributed by atoms with E-state index in [0.29, 0.717) is 0 Å². The zero-order valence-electron chi connectivity index (χ0n) is 12.2. The lowest BCUT2D eigenvalue weighted by Gasteiger charge is -2.20. The van der Waals surface area contributed by atoms with Crippen LogP contribution < -0.4 is 10.6 Å². The average Bonchev–Trinajstić information content (AvgIpc) is 2.97. The van der Waals surface area contributed by atoms with Gasteiger partial charge in [0.1, 0.15) is 6.04 Å². The van der Waals surface area contributed by atoms with Crippen LogP contribution in [0.2, 0.25) is 0 Å². The van der Waals surface area contributed by atoms with Crippen molar-refractivity contribution in [3.05, 3.63) is 65.7 Å². The van der Waals surface area contributed by atoms with E-state index in [2.05, 4.69) is 35.8 Å². The predicted molar refractivity (Wildman–Crippen MR) is 85.2 cm³/mol. The van der Waals surface area contributed by atoms with Gasteiger partial charge in [-0.25, -0.2) is 0 Å². The topological polar surface area (TPSA) is 41.1 Å². The van der Waals surface area contributed by atoms with Crippen molar-refractivity contribution in [3.63, 3.8) is 0 Å². The lowest BCUT2D eigenvalue weighted by atomic mass is 10.0. The Hall–Kier alpha value is -2.29. The van der Waals surface area contributed by atoms with Gasteiger partial charge in [0.25, 0.3) is 0 Å². The van der Waals surface area contributed by atoms with Crippen LogP contribution in [0.4, 0.5) is 5.69 Å². The van der Waals surface area contributed by atoms with Gasteiger partial charge in [-0.15, -0.1) is 0 Å². The van der Waals surface area contributed by atoms with Crippen molar-refractivity contribution in [2.75, 3.05) is 5.32 Å². The average molecular weight is 280 g/mol. The molecule has 0 radical (unpaired) electrons. The first-order valence-corrected chi connectivity index (χ1v) is 7.47. The van der Waals surface area contributed by atoms with Gasteiger partial charge in [0.15, 0.2) is 0 Å². The number of carbonyl (C=O) groups is 1. The number of para-hydroxylation sites is 1. The zero-order valence-corrected chi connectivity index (χ0v) is 12.2. The van der Waals surface area contributed by atoms with Crippen molar-refractivity contribution < 1.29 is 4.79 Å². The molecule has 2 aromatic rings. The lowest BCUT2D eigenvalue weighted by Crippen LogP contribution is -2.40. The maximum Gasteiger partial charge on any atom is 0.243 e. The summed E-state index contributed by atoms with van der Waals surface area (Å²) in [5.74, 6) is 0.0712. The van der Waals surface area contributed by atoms with Crippen LogP contribution in [0.15, 0.2) is 54.6 Å². The molecule has 108 valence electrons. The van der Waals surface area contributed by atoms with Crippen molar-refractivity contribution in [1.29, 1.82) is 0 Å². The third-order valence-electron chi connectivity index (χ3n) is 4.01. The molecule has 3 heteroatoms. The van der Waals surface area contributed by atoms with E-state index in [1.165, 1.54) is 5.56 Å². The molecule has 2 N–H and O–H groups in total. The van der Waals surface area contributed by atoms with Gasteiger partial charge in [-0.05, 0) is 23.6 Å². The molecule has 0 aromatic heterocycles. The van der Waals surface area contributed by atoms with Gasteiger partial charge in [-0.1, -0.05) is 55.5 Å². The van der Waals surface area contributed by atoms with E-state index in [4.69, 9.17) is 0 Å². The molecule has 0 spiro atoms. The Morgan fingerprint density at radius 1 is 1.19 bits per heavy atom. The Morgan fingerprint density at radius 2 is 1.90 bits per heavy atom. The molecule has 2 atom stereocenters. The first-order chi connectivity index (χ1) is 10.3. The van der Waals surface area contributed by atoms with Gasteiger partial charge < -0.3 is 10.6 Å². The van der Waals surface area contributed by atoms with Gasteiger partial charge in [-0.3, -0.25) is 4.79 Å². The first-order valence-electron chi connectivity index (χ1n) is 7.47. The fourth-order valence-electron chi connectivity index (χ4n) is 2.83. The maximum absolute atomic E-state index is 12.5. The van der Waals surface area contributed by atoms with Crippen LogP contribution in [-0.2, 0) is 11.2 Å². The summed E-state index contributed by atoms with van der Waals surface area (Å²) in [5, 5.41) is 6.46. The monoisotopic (exact) mass is 280 g/mol. The summed E-state index contributed by atoms with van der Waals surface area (Å²) >= 11 is 0. The molecule has 1 heterocycles. The largest absolute Gasteiger partial charge is 0.373 e. The van der Waals surface area contributed by atoms with Crippen LogP contribution in [0, 0.1) is 0 Å². The molecule has 2 aromatic carbocycles. The van der Waals surface area contributed by atoms with Gasteiger partial charge in [0, 0.05) is 12.1 Å². The Morgan fingerprint density at radius 3 is 2.62 bits per heavy atom. The number of amides is 1. The number of fused-ring (bicyclic) bond motifs is 1. The number of hydrogen-bond donors (Lipinski definition) is 2. The molecule has 1 aliphatic heterocycles. The highest BCUT2D eigenvalue weighted by Crippen LogP contribution is 2.26. The normalized spacial score (nSPS) is 17.7. The van der Waals surface area contributed by atoms with Gasteiger partial charge in [0.2, 0.25) is 5.91 Å². The number of carbonyl (C=O) groups excluding carboxylic acids is 1. The summed E-state index contributed by atoms with van der Waals surface area (Å²) in [5.41, 5.74) is 3.44. The number of rotatable bonds is 4. The third-order valence-corrected chi connectivity index (χ3v) is 4.01. The van der Waals surface area contributed by atoms with Crippen LogP contribution >= 0.6 is 0 Å². The van der Waals surface area contributed by atoms with Crippen LogP contribution in [0.3, 0.4) is 0 Å². The maximum atomic E-state index is 12.5. The highest BCUT2D eigenvalue weighted by molar-refractivity contribution is 5.87. The molecule has 21 heavy (non-hydrogen) atoms. The summed E-state index contributed by atoms with van der Waals surface area (Å²) in [6.07, 6.45) is 1.64. The first kappa shape index (κ1) is 13.7. The molecule has 1 aliphatic rings. The molecule has 0 aliphatic carbocycles. The SMILES string of the molecule is CCC(NC(=O)C1Cc2ccccc2N1)c1ccccc1. The van der Waals surface area contributed by atoms with Crippen molar-refractivity contribution in [2.45, 2.75) is 31.8 Å². The summed E-state index contributed by atoms with van der Waals surface area (Å²) in [7, 11) is 0. The molecule has 3 rings (SSSR count). The number of anilines is 1. The quantitative estimate of drug-likeness (QED) is 0.902. The van der Waals surface area contributed by atoms with Gasteiger partial charge in [-0.2, -0.15) is 0 Å². The zero-order chi connectivity index (χ0) is 14.7. The molecule has 0 saturated heterocycles. The van der Waals surface area contributed by atoms with Gasteiger partial charge in [0.05, 0.1) is 6.04 Å². The Balaban J connectivity index is 1.67. The van der Waals surface area contributed by atoms with Crippen molar-refractivity contribution in [3.8, 4) is 0 Å². The minimum atomic E-state index is -0.167. The van der Waals surface area contributed by atoms with E-state index in [1.807, 2.05) is 36.4 Å². The van der Waals surface area contributed by atoms with E-state index < -0.39 is 0 Å². The van der Waals surface area contributed by atoms with Crippen LogP contribution in [-0.4, -0.2) is 11.9 Å². The van der Waals surface area contributed by atoms with E-state index in [-0.39, 0.29) is 18.0 Å². The second-order valence-electron chi connectivity index (χ2n) is 5.44. The minimum Gasteiger partial charge on any atom is -0.373 e. The van der Waals surface area contributed by atoms with Crippen molar-refractivity contribution >= 4 is 11.6 Å². The van der Waals surface area contributed by atoms with Crippen molar-refractivity contribution in [1.82, 2.24) is 5.32 Å². The van der Waals surface area contributed by atoms with Crippen molar-refractivity contribution in [2.24, 2.45) is 0 Å². The predicted octanol–water partition coefficient (Wildman–Crippen LogP) is 3.29. The van der Waals surface area contributed by atoms with Crippen LogP contribution in [0.1, 0.15) is 30.5 Å².